The van der Waals surface area contributed by atoms with Gasteiger partial charge in [0, 0.05) is 17.3 Å². The number of rotatable bonds is 3. The van der Waals surface area contributed by atoms with Gasteiger partial charge in [-0.3, -0.25) is 4.79 Å². The van der Waals surface area contributed by atoms with Crippen LogP contribution in [0.4, 0.5) is 0 Å². The minimum Gasteiger partial charge on any atom is -0.347 e. The Hall–Kier alpha value is -2.15. The average Bonchev–Trinajstić information content (AvgIpc) is 3.23. The van der Waals surface area contributed by atoms with Crippen LogP contribution in [0.1, 0.15) is 34.6 Å². The summed E-state index contributed by atoms with van der Waals surface area (Å²) in [5.74, 6) is -0.0839. The third kappa shape index (κ3) is 2.73. The Morgan fingerprint density at radius 3 is 2.71 bits per heavy atom. The summed E-state index contributed by atoms with van der Waals surface area (Å²) < 4.78 is 25.0. The average molecular weight is 345 g/mol. The number of para-hydroxylation sites is 1. The van der Waals surface area contributed by atoms with Gasteiger partial charge in [-0.1, -0.05) is 18.2 Å². The van der Waals surface area contributed by atoms with Gasteiger partial charge in [-0.15, -0.1) is 0 Å². The third-order valence-corrected chi connectivity index (χ3v) is 6.48. The molecule has 24 heavy (non-hydrogen) atoms. The molecule has 2 aliphatic rings. The molecule has 126 valence electrons. The molecule has 4 rings (SSSR count). The van der Waals surface area contributed by atoms with E-state index in [1.165, 1.54) is 0 Å². The first-order valence-corrected chi connectivity index (χ1v) is 10.0. The van der Waals surface area contributed by atoms with Crippen molar-refractivity contribution in [3.63, 3.8) is 0 Å². The summed E-state index contributed by atoms with van der Waals surface area (Å²) in [6.07, 6.45) is 3.24. The van der Waals surface area contributed by atoms with Crippen molar-refractivity contribution in [1.82, 2.24) is 15.1 Å². The normalized spacial score (nSPS) is 21.6. The fourth-order valence-electron chi connectivity index (χ4n) is 3.57. The van der Waals surface area contributed by atoms with Gasteiger partial charge in [-0.2, -0.15) is 5.10 Å². The Morgan fingerprint density at radius 2 is 2.00 bits per heavy atom. The number of carbonyl (C=O) groups excluding carboxylic acids is 1. The van der Waals surface area contributed by atoms with E-state index in [1.807, 2.05) is 35.0 Å². The second-order valence-corrected chi connectivity index (χ2v) is 8.68. The Bertz CT molecular complexity index is 887. The minimum absolute atomic E-state index is 0.0281. The number of benzene rings is 1. The molecule has 1 atom stereocenters. The van der Waals surface area contributed by atoms with E-state index in [0.29, 0.717) is 12.1 Å². The fourth-order valence-corrected chi connectivity index (χ4v) is 5.24. The molecule has 6 nitrogen and oxygen atoms in total. The van der Waals surface area contributed by atoms with Crippen LogP contribution in [0.3, 0.4) is 0 Å². The molecule has 1 aromatic carbocycles. The van der Waals surface area contributed by atoms with Crippen molar-refractivity contribution < 1.29 is 13.2 Å². The number of fused-ring (bicyclic) bond motifs is 1. The van der Waals surface area contributed by atoms with E-state index >= 15 is 0 Å². The van der Waals surface area contributed by atoms with Crippen LogP contribution in [-0.2, 0) is 22.7 Å². The molecule has 0 radical (unpaired) electrons. The molecule has 1 aliphatic carbocycles. The maximum atomic E-state index is 12.6. The highest BCUT2D eigenvalue weighted by atomic mass is 32.2. The number of aromatic nitrogens is 2. The standard InChI is InChI=1S/C17H19N3O3S/c21-17(18-12-9-10-24(22,23)11-12)16-14-7-4-8-15(14)20(19-16)13-5-2-1-3-6-13/h1-3,5-6,12H,4,7-11H2,(H,18,21)/t12-/m0/s1. The first-order chi connectivity index (χ1) is 11.5. The number of sulfone groups is 1. The number of amides is 1. The smallest absolute Gasteiger partial charge is 0.272 e. The second-order valence-electron chi connectivity index (χ2n) is 6.45. The van der Waals surface area contributed by atoms with E-state index in [-0.39, 0.29) is 23.5 Å². The third-order valence-electron chi connectivity index (χ3n) is 4.71. The molecule has 0 bridgehead atoms. The zero-order valence-electron chi connectivity index (χ0n) is 13.2. The molecule has 2 heterocycles. The Kier molecular flexibility index (Phi) is 3.68. The SMILES string of the molecule is O=C(N[C@H]1CCS(=O)(=O)C1)c1nn(-c2ccccc2)c2c1CCC2. The second kappa shape index (κ2) is 5.73. The first-order valence-electron chi connectivity index (χ1n) is 8.21. The molecule has 1 aliphatic heterocycles. The van der Waals surface area contributed by atoms with Gasteiger partial charge in [0.1, 0.15) is 0 Å². The summed E-state index contributed by atoms with van der Waals surface area (Å²) in [7, 11) is -3.01. The monoisotopic (exact) mass is 345 g/mol. The van der Waals surface area contributed by atoms with Crippen LogP contribution in [-0.4, -0.2) is 41.7 Å². The topological polar surface area (TPSA) is 81.1 Å². The summed E-state index contributed by atoms with van der Waals surface area (Å²) in [5, 5.41) is 7.39. The highest BCUT2D eigenvalue weighted by Gasteiger charge is 2.32. The lowest BCUT2D eigenvalue weighted by atomic mass is 10.1. The predicted octanol–water partition coefficient (Wildman–Crippen LogP) is 1.28. The molecule has 1 N–H and O–H groups in total. The van der Waals surface area contributed by atoms with Gasteiger partial charge in [-0.05, 0) is 37.8 Å². The zero-order valence-corrected chi connectivity index (χ0v) is 14.1. The summed E-state index contributed by atoms with van der Waals surface area (Å²) in [5.41, 5.74) is 3.47. The van der Waals surface area contributed by atoms with E-state index in [4.69, 9.17) is 0 Å². The van der Waals surface area contributed by atoms with E-state index in [9.17, 15) is 13.2 Å². The molecule has 1 fully saturated rings. The number of hydrogen-bond donors (Lipinski definition) is 1. The van der Waals surface area contributed by atoms with Crippen LogP contribution < -0.4 is 5.32 Å². The van der Waals surface area contributed by atoms with Crippen molar-refractivity contribution in [1.29, 1.82) is 0 Å². The van der Waals surface area contributed by atoms with Gasteiger partial charge >= 0.3 is 0 Å². The van der Waals surface area contributed by atoms with Gasteiger partial charge < -0.3 is 5.32 Å². The molecule has 1 amide bonds. The van der Waals surface area contributed by atoms with Crippen molar-refractivity contribution >= 4 is 15.7 Å². The molecule has 0 saturated carbocycles. The van der Waals surface area contributed by atoms with Crippen LogP contribution in [0.15, 0.2) is 30.3 Å². The predicted molar refractivity (Wildman–Crippen MR) is 90.1 cm³/mol. The summed E-state index contributed by atoms with van der Waals surface area (Å²) in [6.45, 7) is 0. The van der Waals surface area contributed by atoms with Crippen molar-refractivity contribution in [3.8, 4) is 5.69 Å². The molecular weight excluding hydrogens is 326 g/mol. The molecule has 1 saturated heterocycles. The first kappa shape index (κ1) is 15.4. The van der Waals surface area contributed by atoms with Crippen LogP contribution in [0.25, 0.3) is 5.69 Å². The molecular formula is C17H19N3O3S. The highest BCUT2D eigenvalue weighted by Crippen LogP contribution is 2.28. The molecule has 0 unspecified atom stereocenters. The van der Waals surface area contributed by atoms with Gasteiger partial charge in [0.25, 0.3) is 5.91 Å². The number of nitrogens with one attached hydrogen (secondary N) is 1. The number of carbonyl (C=O) groups is 1. The maximum Gasteiger partial charge on any atom is 0.272 e. The lowest BCUT2D eigenvalue weighted by molar-refractivity contribution is 0.0934. The fraction of sp³-hybridized carbons (Fsp3) is 0.412. The minimum atomic E-state index is -3.01. The zero-order chi connectivity index (χ0) is 16.7. The Morgan fingerprint density at radius 1 is 1.21 bits per heavy atom. The van der Waals surface area contributed by atoms with E-state index in [0.717, 1.165) is 36.2 Å². The van der Waals surface area contributed by atoms with Gasteiger partial charge in [0.15, 0.2) is 15.5 Å². The molecule has 7 heteroatoms. The lowest BCUT2D eigenvalue weighted by Gasteiger charge is -2.10. The van der Waals surface area contributed by atoms with Gasteiger partial charge in [-0.25, -0.2) is 13.1 Å². The lowest BCUT2D eigenvalue weighted by Crippen LogP contribution is -2.36. The van der Waals surface area contributed by atoms with Crippen LogP contribution in [0.2, 0.25) is 0 Å². The van der Waals surface area contributed by atoms with Crippen molar-refractivity contribution in [2.45, 2.75) is 31.7 Å². The van der Waals surface area contributed by atoms with E-state index < -0.39 is 9.84 Å². The summed E-state index contributed by atoms with van der Waals surface area (Å²) >= 11 is 0. The van der Waals surface area contributed by atoms with Crippen LogP contribution in [0.5, 0.6) is 0 Å². The number of hydrogen-bond acceptors (Lipinski definition) is 4. The molecule has 1 aromatic heterocycles. The Balaban J connectivity index is 1.63. The summed E-state index contributed by atoms with van der Waals surface area (Å²) in [6, 6.07) is 9.47. The van der Waals surface area contributed by atoms with Crippen LogP contribution in [0, 0.1) is 0 Å². The van der Waals surface area contributed by atoms with Gasteiger partial charge in [0.05, 0.1) is 17.2 Å². The maximum absolute atomic E-state index is 12.6. The quantitative estimate of drug-likeness (QED) is 0.909. The number of nitrogens with zero attached hydrogens (tertiary/aromatic N) is 2. The van der Waals surface area contributed by atoms with Crippen molar-refractivity contribution in [2.75, 3.05) is 11.5 Å². The van der Waals surface area contributed by atoms with Crippen molar-refractivity contribution in [2.24, 2.45) is 0 Å². The van der Waals surface area contributed by atoms with Gasteiger partial charge in [0.2, 0.25) is 0 Å². The van der Waals surface area contributed by atoms with Crippen molar-refractivity contribution in [3.05, 3.63) is 47.3 Å². The highest BCUT2D eigenvalue weighted by molar-refractivity contribution is 7.91. The van der Waals surface area contributed by atoms with Crippen LogP contribution >= 0.6 is 0 Å². The Labute approximate surface area is 140 Å². The van der Waals surface area contributed by atoms with E-state index in [2.05, 4.69) is 10.4 Å². The molecule has 2 aromatic rings. The summed E-state index contributed by atoms with van der Waals surface area (Å²) in [4.78, 5) is 12.6. The van der Waals surface area contributed by atoms with E-state index in [1.54, 1.807) is 0 Å². The largest absolute Gasteiger partial charge is 0.347 e. The molecule has 0 spiro atoms.